The number of rotatable bonds is 4. The van der Waals surface area contributed by atoms with Gasteiger partial charge in [-0.1, -0.05) is 12.2 Å². The molecule has 1 aliphatic heterocycles. The Hall–Kier alpha value is -0.170. The zero-order chi connectivity index (χ0) is 7.40. The van der Waals surface area contributed by atoms with Crippen molar-refractivity contribution in [1.29, 1.82) is 0 Å². The van der Waals surface area contributed by atoms with Crippen molar-refractivity contribution in [3.8, 4) is 0 Å². The molecule has 2 unspecified atom stereocenters. The Morgan fingerprint density at radius 3 is 1.90 bits per heavy atom. The fourth-order valence-corrected chi connectivity index (χ4v) is 2.60. The topological polar surface area (TPSA) is 0 Å². The van der Waals surface area contributed by atoms with Gasteiger partial charge in [-0.3, -0.25) is 0 Å². The van der Waals surface area contributed by atoms with E-state index in [1.807, 2.05) is 12.2 Å². The number of allylic oxidation sites excluding steroid dienone is 2. The second-order valence-corrected chi connectivity index (χ2v) is 4.27. The first-order valence-corrected chi connectivity index (χ1v) is 4.68. The van der Waals surface area contributed by atoms with Gasteiger partial charge >= 0.3 is 0 Å². The van der Waals surface area contributed by atoms with Gasteiger partial charge in [-0.2, -0.15) is 11.8 Å². The highest BCUT2D eigenvalue weighted by molar-refractivity contribution is 8.01. The van der Waals surface area contributed by atoms with E-state index < -0.39 is 0 Å². The summed E-state index contributed by atoms with van der Waals surface area (Å²) in [7, 11) is 0. The highest BCUT2D eigenvalue weighted by atomic mass is 32.2. The number of hydrogen-bond acceptors (Lipinski definition) is 1. The molecule has 1 aliphatic rings. The molecule has 0 aromatic rings. The predicted molar refractivity (Wildman–Crippen MR) is 49.4 cm³/mol. The normalized spacial score (nSPS) is 30.8. The Balaban J connectivity index is 2.05. The SMILES string of the molecule is C=CCC1CC(CC=C)S1. The van der Waals surface area contributed by atoms with Crippen LogP contribution in [0.5, 0.6) is 0 Å². The van der Waals surface area contributed by atoms with Crippen LogP contribution in [0.4, 0.5) is 0 Å². The summed E-state index contributed by atoms with van der Waals surface area (Å²) >= 11 is 2.08. The molecule has 0 saturated carbocycles. The summed E-state index contributed by atoms with van der Waals surface area (Å²) in [5.41, 5.74) is 0. The van der Waals surface area contributed by atoms with Crippen LogP contribution >= 0.6 is 11.8 Å². The Morgan fingerprint density at radius 1 is 1.20 bits per heavy atom. The van der Waals surface area contributed by atoms with Gasteiger partial charge in [0.2, 0.25) is 0 Å². The average molecular weight is 154 g/mol. The fraction of sp³-hybridized carbons (Fsp3) is 0.556. The lowest BCUT2D eigenvalue weighted by atomic mass is 10.1. The lowest BCUT2D eigenvalue weighted by Gasteiger charge is -2.33. The molecule has 1 saturated heterocycles. The summed E-state index contributed by atoms with van der Waals surface area (Å²) in [6, 6.07) is 0. The predicted octanol–water partition coefficient (Wildman–Crippen LogP) is 3.01. The van der Waals surface area contributed by atoms with Crippen molar-refractivity contribution in [1.82, 2.24) is 0 Å². The molecule has 0 radical (unpaired) electrons. The first kappa shape index (κ1) is 7.93. The van der Waals surface area contributed by atoms with Crippen LogP contribution in [0.15, 0.2) is 25.3 Å². The van der Waals surface area contributed by atoms with Gasteiger partial charge in [-0.25, -0.2) is 0 Å². The van der Waals surface area contributed by atoms with Crippen LogP contribution < -0.4 is 0 Å². The highest BCUT2D eigenvalue weighted by Crippen LogP contribution is 2.40. The van der Waals surface area contributed by atoms with Crippen molar-refractivity contribution in [2.45, 2.75) is 29.8 Å². The van der Waals surface area contributed by atoms with Gasteiger partial charge in [-0.05, 0) is 19.3 Å². The Morgan fingerprint density at radius 2 is 1.60 bits per heavy atom. The summed E-state index contributed by atoms with van der Waals surface area (Å²) in [4.78, 5) is 0. The highest BCUT2D eigenvalue weighted by Gasteiger charge is 2.27. The second-order valence-electron chi connectivity index (χ2n) is 2.66. The van der Waals surface area contributed by atoms with Crippen LogP contribution in [0.2, 0.25) is 0 Å². The van der Waals surface area contributed by atoms with Gasteiger partial charge in [0.15, 0.2) is 0 Å². The first-order valence-electron chi connectivity index (χ1n) is 3.74. The van der Waals surface area contributed by atoms with Crippen LogP contribution in [0.3, 0.4) is 0 Å². The lowest BCUT2D eigenvalue weighted by molar-refractivity contribution is 0.669. The molecular formula is C9H14S. The van der Waals surface area contributed by atoms with Crippen molar-refractivity contribution in [3.05, 3.63) is 25.3 Å². The molecule has 1 heterocycles. The van der Waals surface area contributed by atoms with Crippen molar-refractivity contribution in [2.75, 3.05) is 0 Å². The summed E-state index contributed by atoms with van der Waals surface area (Å²) in [6.07, 6.45) is 7.75. The summed E-state index contributed by atoms with van der Waals surface area (Å²) in [6.45, 7) is 7.44. The molecular weight excluding hydrogens is 140 g/mol. The minimum Gasteiger partial charge on any atom is -0.154 e. The quantitative estimate of drug-likeness (QED) is 0.561. The second kappa shape index (κ2) is 3.87. The molecule has 1 heteroatoms. The molecule has 0 aromatic carbocycles. The minimum absolute atomic E-state index is 0.863. The van der Waals surface area contributed by atoms with Crippen LogP contribution in [0, 0.1) is 0 Å². The molecule has 0 aromatic heterocycles. The Kier molecular flexibility index (Phi) is 3.07. The number of hydrogen-bond donors (Lipinski definition) is 0. The van der Waals surface area contributed by atoms with E-state index in [-0.39, 0.29) is 0 Å². The van der Waals surface area contributed by atoms with Crippen molar-refractivity contribution in [3.63, 3.8) is 0 Å². The van der Waals surface area contributed by atoms with Crippen LogP contribution in [0.25, 0.3) is 0 Å². The van der Waals surface area contributed by atoms with E-state index in [9.17, 15) is 0 Å². The fourth-order valence-electron chi connectivity index (χ4n) is 1.23. The third kappa shape index (κ3) is 1.91. The average Bonchev–Trinajstić information content (AvgIpc) is 1.84. The van der Waals surface area contributed by atoms with Gasteiger partial charge in [0.1, 0.15) is 0 Å². The standard InChI is InChI=1S/C9H14S/c1-3-5-8-7-9(10-8)6-4-2/h3-4,8-9H,1-2,5-7H2. The maximum absolute atomic E-state index is 3.72. The third-order valence-corrected chi connectivity index (χ3v) is 3.31. The molecule has 2 atom stereocenters. The van der Waals surface area contributed by atoms with E-state index in [0.29, 0.717) is 0 Å². The smallest absolute Gasteiger partial charge is 0.00949 e. The van der Waals surface area contributed by atoms with Crippen molar-refractivity contribution < 1.29 is 0 Å². The van der Waals surface area contributed by atoms with Gasteiger partial charge in [-0.15, -0.1) is 13.2 Å². The maximum Gasteiger partial charge on any atom is 0.00949 e. The molecule has 0 aliphatic carbocycles. The molecule has 1 fully saturated rings. The molecule has 1 rings (SSSR count). The summed E-state index contributed by atoms with van der Waals surface area (Å²) < 4.78 is 0. The lowest BCUT2D eigenvalue weighted by Crippen LogP contribution is -2.25. The van der Waals surface area contributed by atoms with Crippen LogP contribution in [0.1, 0.15) is 19.3 Å². The zero-order valence-corrected chi connectivity index (χ0v) is 7.07. The third-order valence-electron chi connectivity index (χ3n) is 1.77. The maximum atomic E-state index is 3.72. The number of thioether (sulfide) groups is 1. The molecule has 0 spiro atoms. The van der Waals surface area contributed by atoms with E-state index in [4.69, 9.17) is 0 Å². The molecule has 0 nitrogen and oxygen atoms in total. The Bertz CT molecular complexity index is 109. The minimum atomic E-state index is 0.863. The Labute approximate surface area is 67.4 Å². The van der Waals surface area contributed by atoms with Gasteiger partial charge in [0, 0.05) is 10.5 Å². The summed E-state index contributed by atoms with van der Waals surface area (Å²) in [5.74, 6) is 0. The molecule has 0 amide bonds. The zero-order valence-electron chi connectivity index (χ0n) is 6.25. The summed E-state index contributed by atoms with van der Waals surface area (Å²) in [5, 5.41) is 1.73. The molecule has 0 N–H and O–H groups in total. The van der Waals surface area contributed by atoms with E-state index in [1.165, 1.54) is 19.3 Å². The van der Waals surface area contributed by atoms with Crippen molar-refractivity contribution in [2.24, 2.45) is 0 Å². The van der Waals surface area contributed by atoms with E-state index in [0.717, 1.165) is 10.5 Å². The van der Waals surface area contributed by atoms with Crippen LogP contribution in [-0.2, 0) is 0 Å². The van der Waals surface area contributed by atoms with Gasteiger partial charge < -0.3 is 0 Å². The van der Waals surface area contributed by atoms with Gasteiger partial charge in [0.05, 0.1) is 0 Å². The van der Waals surface area contributed by atoms with E-state index in [2.05, 4.69) is 24.9 Å². The van der Waals surface area contributed by atoms with E-state index >= 15 is 0 Å². The largest absolute Gasteiger partial charge is 0.154 e. The molecule has 10 heavy (non-hydrogen) atoms. The van der Waals surface area contributed by atoms with Gasteiger partial charge in [0.25, 0.3) is 0 Å². The first-order chi connectivity index (χ1) is 4.86. The molecule has 56 valence electrons. The van der Waals surface area contributed by atoms with Crippen molar-refractivity contribution >= 4 is 11.8 Å². The van der Waals surface area contributed by atoms with E-state index in [1.54, 1.807) is 0 Å². The van der Waals surface area contributed by atoms with Crippen LogP contribution in [-0.4, -0.2) is 10.5 Å². The molecule has 0 bridgehead atoms. The monoisotopic (exact) mass is 154 g/mol.